The number of nitrogens with one attached hydrogen (secondary N) is 2. The van der Waals surface area contributed by atoms with Gasteiger partial charge in [0.2, 0.25) is 11.8 Å². The summed E-state index contributed by atoms with van der Waals surface area (Å²) in [7, 11) is 3.97. The molecule has 0 bridgehead atoms. The fraction of sp³-hybridized carbons (Fsp3) is 0.846. The van der Waals surface area contributed by atoms with Crippen LogP contribution in [0.5, 0.6) is 0 Å². The van der Waals surface area contributed by atoms with Crippen LogP contribution >= 0.6 is 0 Å². The Balaban J connectivity index is 1.78. The molecule has 0 spiro atoms. The lowest BCUT2D eigenvalue weighted by atomic mass is 10.1. The molecule has 0 saturated carbocycles. The molecule has 6 heteroatoms. The first-order valence-electron chi connectivity index (χ1n) is 7.00. The Morgan fingerprint density at radius 3 is 2.95 bits per heavy atom. The van der Waals surface area contributed by atoms with Crippen molar-refractivity contribution in [3.05, 3.63) is 0 Å². The van der Waals surface area contributed by atoms with Crippen LogP contribution in [0.4, 0.5) is 0 Å². The van der Waals surface area contributed by atoms with Crippen molar-refractivity contribution in [3.8, 4) is 0 Å². The van der Waals surface area contributed by atoms with E-state index in [0.717, 1.165) is 26.1 Å². The number of amides is 2. The van der Waals surface area contributed by atoms with Gasteiger partial charge in [0.15, 0.2) is 0 Å². The van der Waals surface area contributed by atoms with Crippen molar-refractivity contribution in [2.75, 3.05) is 46.8 Å². The molecule has 0 aromatic heterocycles. The first-order chi connectivity index (χ1) is 9.06. The largest absolute Gasteiger partial charge is 0.352 e. The van der Waals surface area contributed by atoms with Crippen LogP contribution < -0.4 is 10.6 Å². The Bertz CT molecular complexity index is 340. The summed E-state index contributed by atoms with van der Waals surface area (Å²) in [5.41, 5.74) is 0. The summed E-state index contributed by atoms with van der Waals surface area (Å²) in [6.07, 6.45) is 1.34. The maximum Gasteiger partial charge on any atom is 0.225 e. The van der Waals surface area contributed by atoms with E-state index in [9.17, 15) is 9.59 Å². The number of rotatable bonds is 5. The third-order valence-corrected chi connectivity index (χ3v) is 3.81. The van der Waals surface area contributed by atoms with E-state index in [0.29, 0.717) is 19.5 Å². The van der Waals surface area contributed by atoms with Crippen molar-refractivity contribution >= 4 is 11.8 Å². The highest BCUT2D eigenvalue weighted by Crippen LogP contribution is 2.18. The Labute approximate surface area is 114 Å². The highest BCUT2D eigenvalue weighted by molar-refractivity contribution is 5.89. The zero-order valence-electron chi connectivity index (χ0n) is 11.8. The van der Waals surface area contributed by atoms with Crippen LogP contribution in [0.3, 0.4) is 0 Å². The molecule has 2 rings (SSSR count). The minimum atomic E-state index is -0.171. The topological polar surface area (TPSA) is 64.7 Å². The number of carbonyl (C=O) groups is 2. The van der Waals surface area contributed by atoms with E-state index in [4.69, 9.17) is 0 Å². The second-order valence-electron chi connectivity index (χ2n) is 5.74. The molecule has 2 saturated heterocycles. The van der Waals surface area contributed by atoms with Crippen LogP contribution in [0.2, 0.25) is 0 Å². The average Bonchev–Trinajstić information content (AvgIpc) is 2.96. The van der Waals surface area contributed by atoms with Crippen LogP contribution in [0.1, 0.15) is 12.8 Å². The summed E-state index contributed by atoms with van der Waals surface area (Å²) in [6.45, 7) is 3.92. The molecule has 6 nitrogen and oxygen atoms in total. The fourth-order valence-electron chi connectivity index (χ4n) is 2.58. The molecule has 0 aromatic carbocycles. The summed E-state index contributed by atoms with van der Waals surface area (Å²) in [5.74, 6) is -0.0313. The monoisotopic (exact) mass is 268 g/mol. The van der Waals surface area contributed by atoms with Crippen molar-refractivity contribution in [1.29, 1.82) is 0 Å². The molecule has 2 unspecified atom stereocenters. The van der Waals surface area contributed by atoms with Crippen LogP contribution in [-0.4, -0.2) is 74.5 Å². The van der Waals surface area contributed by atoms with E-state index in [-0.39, 0.29) is 23.8 Å². The molecule has 2 aliphatic rings. The van der Waals surface area contributed by atoms with Gasteiger partial charge in [0.25, 0.3) is 0 Å². The summed E-state index contributed by atoms with van der Waals surface area (Å²) in [6, 6.07) is 0.235. The van der Waals surface area contributed by atoms with Crippen molar-refractivity contribution in [1.82, 2.24) is 20.4 Å². The average molecular weight is 268 g/mol. The summed E-state index contributed by atoms with van der Waals surface area (Å²) >= 11 is 0. The first kappa shape index (κ1) is 14.3. The SMILES string of the molecule is CN(C)CCN1CC(C(=O)NC2CCNC2)CC1=O. The minimum absolute atomic E-state index is 0.0365. The normalized spacial score (nSPS) is 27.3. The van der Waals surface area contributed by atoms with E-state index in [1.54, 1.807) is 4.90 Å². The molecule has 0 aliphatic carbocycles. The van der Waals surface area contributed by atoms with Crippen molar-refractivity contribution in [3.63, 3.8) is 0 Å². The molecule has 2 fully saturated rings. The number of likely N-dealkylation sites (tertiary alicyclic amines) is 1. The van der Waals surface area contributed by atoms with E-state index in [1.807, 2.05) is 19.0 Å². The molecule has 2 aliphatic heterocycles. The molecule has 0 aromatic rings. The van der Waals surface area contributed by atoms with E-state index in [2.05, 4.69) is 10.6 Å². The lowest BCUT2D eigenvalue weighted by Gasteiger charge is -2.19. The molecular weight excluding hydrogens is 244 g/mol. The molecule has 19 heavy (non-hydrogen) atoms. The van der Waals surface area contributed by atoms with Crippen LogP contribution in [0, 0.1) is 5.92 Å². The molecule has 108 valence electrons. The third kappa shape index (κ3) is 3.91. The predicted molar refractivity (Wildman–Crippen MR) is 72.7 cm³/mol. The highest BCUT2D eigenvalue weighted by atomic mass is 16.2. The van der Waals surface area contributed by atoms with Gasteiger partial charge >= 0.3 is 0 Å². The standard InChI is InChI=1S/C13H24N4O2/c1-16(2)5-6-17-9-10(7-12(17)18)13(19)15-11-3-4-14-8-11/h10-11,14H,3-9H2,1-2H3,(H,15,19). The van der Waals surface area contributed by atoms with Crippen molar-refractivity contribution in [2.45, 2.75) is 18.9 Å². The second kappa shape index (κ2) is 6.34. The van der Waals surface area contributed by atoms with E-state index in [1.165, 1.54) is 0 Å². The van der Waals surface area contributed by atoms with Crippen LogP contribution in [0.15, 0.2) is 0 Å². The molecule has 0 radical (unpaired) electrons. The zero-order valence-corrected chi connectivity index (χ0v) is 11.8. The van der Waals surface area contributed by atoms with Gasteiger partial charge in [-0.15, -0.1) is 0 Å². The van der Waals surface area contributed by atoms with Crippen LogP contribution in [-0.2, 0) is 9.59 Å². The predicted octanol–water partition coefficient (Wildman–Crippen LogP) is -1.13. The number of hydrogen-bond donors (Lipinski definition) is 2. The molecule has 2 N–H and O–H groups in total. The highest BCUT2D eigenvalue weighted by Gasteiger charge is 2.34. The second-order valence-corrected chi connectivity index (χ2v) is 5.74. The van der Waals surface area contributed by atoms with E-state index >= 15 is 0 Å². The van der Waals surface area contributed by atoms with Gasteiger partial charge in [0.05, 0.1) is 5.92 Å². The number of nitrogens with zero attached hydrogens (tertiary/aromatic N) is 2. The Hall–Kier alpha value is -1.14. The summed E-state index contributed by atoms with van der Waals surface area (Å²) in [4.78, 5) is 27.8. The van der Waals surface area contributed by atoms with Gasteiger partial charge in [-0.1, -0.05) is 0 Å². The van der Waals surface area contributed by atoms with Gasteiger partial charge in [0, 0.05) is 38.6 Å². The first-order valence-corrected chi connectivity index (χ1v) is 7.00. The van der Waals surface area contributed by atoms with Gasteiger partial charge in [-0.25, -0.2) is 0 Å². The Kier molecular flexibility index (Phi) is 4.76. The van der Waals surface area contributed by atoms with Gasteiger partial charge in [-0.05, 0) is 27.1 Å². The van der Waals surface area contributed by atoms with Crippen LogP contribution in [0.25, 0.3) is 0 Å². The number of likely N-dealkylation sites (N-methyl/N-ethyl adjacent to an activating group) is 1. The van der Waals surface area contributed by atoms with Gasteiger partial charge < -0.3 is 20.4 Å². The summed E-state index contributed by atoms with van der Waals surface area (Å²) in [5, 5.41) is 6.26. The third-order valence-electron chi connectivity index (χ3n) is 3.81. The Morgan fingerprint density at radius 1 is 1.53 bits per heavy atom. The summed E-state index contributed by atoms with van der Waals surface area (Å²) < 4.78 is 0. The lowest BCUT2D eigenvalue weighted by molar-refractivity contribution is -0.129. The molecule has 2 heterocycles. The molecular formula is C13H24N4O2. The maximum absolute atomic E-state index is 12.1. The lowest BCUT2D eigenvalue weighted by Crippen LogP contribution is -2.41. The van der Waals surface area contributed by atoms with Crippen molar-refractivity contribution < 1.29 is 9.59 Å². The van der Waals surface area contributed by atoms with Gasteiger partial charge in [-0.2, -0.15) is 0 Å². The minimum Gasteiger partial charge on any atom is -0.352 e. The molecule has 2 atom stereocenters. The van der Waals surface area contributed by atoms with Gasteiger partial charge in [0.1, 0.15) is 0 Å². The fourth-order valence-corrected chi connectivity index (χ4v) is 2.58. The Morgan fingerprint density at radius 2 is 2.32 bits per heavy atom. The van der Waals surface area contributed by atoms with Crippen molar-refractivity contribution in [2.24, 2.45) is 5.92 Å². The maximum atomic E-state index is 12.1. The quantitative estimate of drug-likeness (QED) is 0.662. The number of carbonyl (C=O) groups excluding carboxylic acids is 2. The number of hydrogen-bond acceptors (Lipinski definition) is 4. The molecule has 2 amide bonds. The smallest absolute Gasteiger partial charge is 0.225 e. The van der Waals surface area contributed by atoms with Gasteiger partial charge in [-0.3, -0.25) is 9.59 Å². The van der Waals surface area contributed by atoms with E-state index < -0.39 is 0 Å². The zero-order chi connectivity index (χ0) is 13.8.